The SMILES string of the molecule is O[C@H]1CC[C@H](Nc2nccc(-n3ccc4cc(OCc5ccccc5)ccc43)n2)CC1. The molecule has 0 atom stereocenters. The average Bonchev–Trinajstić information content (AvgIpc) is 3.23. The Balaban J connectivity index is 1.32. The lowest BCUT2D eigenvalue weighted by Gasteiger charge is -2.26. The maximum absolute atomic E-state index is 9.70. The lowest BCUT2D eigenvalue weighted by molar-refractivity contribution is 0.126. The Labute approximate surface area is 181 Å². The van der Waals surface area contributed by atoms with Gasteiger partial charge in [0.1, 0.15) is 18.2 Å². The van der Waals surface area contributed by atoms with Crippen LogP contribution in [0.5, 0.6) is 5.75 Å². The first kappa shape index (κ1) is 19.6. The second-order valence-electron chi connectivity index (χ2n) is 8.07. The minimum atomic E-state index is -0.168. The van der Waals surface area contributed by atoms with Crippen molar-refractivity contribution in [1.29, 1.82) is 0 Å². The highest BCUT2D eigenvalue weighted by atomic mass is 16.5. The van der Waals surface area contributed by atoms with E-state index in [0.717, 1.165) is 53.7 Å². The fraction of sp³-hybridized carbons (Fsp3) is 0.280. The number of rotatable bonds is 6. The van der Waals surface area contributed by atoms with E-state index >= 15 is 0 Å². The van der Waals surface area contributed by atoms with Crippen molar-refractivity contribution in [2.75, 3.05) is 5.32 Å². The summed E-state index contributed by atoms with van der Waals surface area (Å²) in [6.45, 7) is 0.548. The number of ether oxygens (including phenoxy) is 1. The van der Waals surface area contributed by atoms with Gasteiger partial charge in [-0.3, -0.25) is 0 Å². The molecule has 31 heavy (non-hydrogen) atoms. The molecular weight excluding hydrogens is 388 g/mol. The third-order valence-corrected chi connectivity index (χ3v) is 5.83. The van der Waals surface area contributed by atoms with Crippen LogP contribution in [0.25, 0.3) is 16.7 Å². The molecule has 158 valence electrons. The fourth-order valence-electron chi connectivity index (χ4n) is 4.11. The van der Waals surface area contributed by atoms with Gasteiger partial charge in [-0.15, -0.1) is 0 Å². The van der Waals surface area contributed by atoms with Crippen molar-refractivity contribution in [2.45, 2.75) is 44.4 Å². The number of aliphatic hydroxyl groups is 1. The molecule has 2 aromatic heterocycles. The van der Waals surface area contributed by atoms with E-state index in [1.165, 1.54) is 0 Å². The summed E-state index contributed by atoms with van der Waals surface area (Å²) in [6, 6.07) is 20.6. The van der Waals surface area contributed by atoms with E-state index in [9.17, 15) is 5.11 Å². The Morgan fingerprint density at radius 3 is 2.68 bits per heavy atom. The van der Waals surface area contributed by atoms with Gasteiger partial charge < -0.3 is 19.7 Å². The molecule has 6 heteroatoms. The summed E-state index contributed by atoms with van der Waals surface area (Å²) < 4.78 is 8.03. The van der Waals surface area contributed by atoms with Crippen molar-refractivity contribution in [3.63, 3.8) is 0 Å². The second-order valence-corrected chi connectivity index (χ2v) is 8.07. The van der Waals surface area contributed by atoms with E-state index in [1.54, 1.807) is 6.20 Å². The number of nitrogens with one attached hydrogen (secondary N) is 1. The number of hydrogen-bond acceptors (Lipinski definition) is 5. The highest BCUT2D eigenvalue weighted by molar-refractivity contribution is 5.83. The highest BCUT2D eigenvalue weighted by Gasteiger charge is 2.20. The van der Waals surface area contributed by atoms with Gasteiger partial charge in [-0.2, -0.15) is 4.98 Å². The minimum Gasteiger partial charge on any atom is -0.489 e. The maximum Gasteiger partial charge on any atom is 0.224 e. The van der Waals surface area contributed by atoms with Crippen LogP contribution in [-0.2, 0) is 6.61 Å². The van der Waals surface area contributed by atoms with Crippen LogP contribution in [0.1, 0.15) is 31.2 Å². The normalized spacial score (nSPS) is 18.7. The molecule has 0 radical (unpaired) electrons. The molecule has 4 aromatic rings. The summed E-state index contributed by atoms with van der Waals surface area (Å²) >= 11 is 0. The van der Waals surface area contributed by atoms with E-state index in [4.69, 9.17) is 9.72 Å². The molecule has 1 fully saturated rings. The smallest absolute Gasteiger partial charge is 0.224 e. The first-order valence-corrected chi connectivity index (χ1v) is 10.8. The molecular formula is C25H26N4O2. The molecule has 0 saturated heterocycles. The van der Waals surface area contributed by atoms with E-state index in [1.807, 2.05) is 36.5 Å². The van der Waals surface area contributed by atoms with Gasteiger partial charge in [0, 0.05) is 23.8 Å². The van der Waals surface area contributed by atoms with E-state index < -0.39 is 0 Å². The molecule has 1 saturated carbocycles. The quantitative estimate of drug-likeness (QED) is 0.478. The van der Waals surface area contributed by atoms with Gasteiger partial charge >= 0.3 is 0 Å². The third kappa shape index (κ3) is 4.54. The topological polar surface area (TPSA) is 72.2 Å². The first-order chi connectivity index (χ1) is 15.2. The van der Waals surface area contributed by atoms with Crippen LogP contribution >= 0.6 is 0 Å². The number of aromatic nitrogens is 3. The van der Waals surface area contributed by atoms with E-state index in [2.05, 4.69) is 45.2 Å². The van der Waals surface area contributed by atoms with Crippen LogP contribution in [0.15, 0.2) is 73.1 Å². The predicted molar refractivity (Wildman–Crippen MR) is 122 cm³/mol. The largest absolute Gasteiger partial charge is 0.489 e. The van der Waals surface area contributed by atoms with E-state index in [-0.39, 0.29) is 6.10 Å². The van der Waals surface area contributed by atoms with Crippen LogP contribution in [-0.4, -0.2) is 31.8 Å². The lowest BCUT2D eigenvalue weighted by Crippen LogP contribution is -2.29. The van der Waals surface area contributed by atoms with Gasteiger partial charge in [-0.25, -0.2) is 4.98 Å². The van der Waals surface area contributed by atoms with Crippen molar-refractivity contribution < 1.29 is 9.84 Å². The van der Waals surface area contributed by atoms with Crippen molar-refractivity contribution >= 4 is 16.9 Å². The zero-order valence-electron chi connectivity index (χ0n) is 17.3. The molecule has 2 N–H and O–H groups in total. The minimum absolute atomic E-state index is 0.168. The van der Waals surface area contributed by atoms with Crippen molar-refractivity contribution in [3.8, 4) is 11.6 Å². The van der Waals surface area contributed by atoms with Crippen molar-refractivity contribution in [2.24, 2.45) is 0 Å². The Morgan fingerprint density at radius 2 is 1.84 bits per heavy atom. The molecule has 2 heterocycles. The lowest BCUT2D eigenvalue weighted by atomic mass is 9.93. The summed E-state index contributed by atoms with van der Waals surface area (Å²) in [6.07, 6.45) is 7.17. The molecule has 0 amide bonds. The zero-order valence-corrected chi connectivity index (χ0v) is 17.3. The van der Waals surface area contributed by atoms with Gasteiger partial charge in [0.25, 0.3) is 0 Å². The number of fused-ring (bicyclic) bond motifs is 1. The second kappa shape index (κ2) is 8.78. The molecule has 1 aliphatic carbocycles. The molecule has 6 nitrogen and oxygen atoms in total. The molecule has 1 aliphatic rings. The van der Waals surface area contributed by atoms with Gasteiger partial charge in [0.2, 0.25) is 5.95 Å². The van der Waals surface area contributed by atoms with Crippen LogP contribution in [0, 0.1) is 0 Å². The van der Waals surface area contributed by atoms with Gasteiger partial charge in [0.05, 0.1) is 11.6 Å². The number of anilines is 1. The molecule has 0 aliphatic heterocycles. The fourth-order valence-corrected chi connectivity index (χ4v) is 4.11. The monoisotopic (exact) mass is 414 g/mol. The Kier molecular flexibility index (Phi) is 5.54. The number of aliphatic hydroxyl groups excluding tert-OH is 1. The number of benzene rings is 2. The van der Waals surface area contributed by atoms with Crippen molar-refractivity contribution in [3.05, 3.63) is 78.6 Å². The van der Waals surface area contributed by atoms with Crippen molar-refractivity contribution in [1.82, 2.24) is 14.5 Å². The standard InChI is InChI=1S/C25H26N4O2/c30-21-8-6-20(7-9-21)27-25-26-14-12-24(28-25)29-15-13-19-16-22(10-11-23(19)29)31-17-18-4-2-1-3-5-18/h1-5,10-16,20-21,30H,6-9,17H2,(H,26,27,28)/t20-,21-. The Morgan fingerprint density at radius 1 is 1.00 bits per heavy atom. The van der Waals surface area contributed by atoms with Gasteiger partial charge in [-0.05, 0) is 61.6 Å². The summed E-state index contributed by atoms with van der Waals surface area (Å²) in [5.41, 5.74) is 2.21. The summed E-state index contributed by atoms with van der Waals surface area (Å²) in [4.78, 5) is 9.12. The average molecular weight is 415 g/mol. The van der Waals surface area contributed by atoms with E-state index in [0.29, 0.717) is 18.6 Å². The van der Waals surface area contributed by atoms with Crippen LogP contribution in [0.3, 0.4) is 0 Å². The number of nitrogens with zero attached hydrogens (tertiary/aromatic N) is 3. The molecule has 2 aromatic carbocycles. The zero-order chi connectivity index (χ0) is 21.0. The maximum atomic E-state index is 9.70. The molecule has 5 rings (SSSR count). The Hall–Kier alpha value is -3.38. The molecule has 0 spiro atoms. The van der Waals surface area contributed by atoms with Crippen LogP contribution < -0.4 is 10.1 Å². The first-order valence-electron chi connectivity index (χ1n) is 10.8. The summed E-state index contributed by atoms with van der Waals surface area (Å²) in [5, 5.41) is 14.2. The Bertz CT molecular complexity index is 1150. The van der Waals surface area contributed by atoms with Gasteiger partial charge in [-0.1, -0.05) is 30.3 Å². The molecule has 0 unspecified atom stereocenters. The third-order valence-electron chi connectivity index (χ3n) is 5.83. The number of hydrogen-bond donors (Lipinski definition) is 2. The molecule has 0 bridgehead atoms. The van der Waals surface area contributed by atoms with Gasteiger partial charge in [0.15, 0.2) is 0 Å². The summed E-state index contributed by atoms with van der Waals surface area (Å²) in [7, 11) is 0. The van der Waals surface area contributed by atoms with Crippen LogP contribution in [0.4, 0.5) is 5.95 Å². The predicted octanol–water partition coefficient (Wildman–Crippen LogP) is 4.71. The van der Waals surface area contributed by atoms with Crippen LogP contribution in [0.2, 0.25) is 0 Å². The summed E-state index contributed by atoms with van der Waals surface area (Å²) in [5.74, 6) is 2.29. The highest BCUT2D eigenvalue weighted by Crippen LogP contribution is 2.26.